The van der Waals surface area contributed by atoms with Crippen molar-refractivity contribution in [1.29, 1.82) is 0 Å². The van der Waals surface area contributed by atoms with E-state index in [1.807, 2.05) is 19.1 Å². The molecule has 0 heterocycles. The molecular formula is C20H35IN4O2S. The van der Waals surface area contributed by atoms with Crippen LogP contribution in [-0.4, -0.2) is 58.8 Å². The third-order valence-electron chi connectivity index (χ3n) is 5.28. The fourth-order valence-electron chi connectivity index (χ4n) is 3.70. The zero-order valence-electron chi connectivity index (χ0n) is 17.5. The molecule has 0 atom stereocenters. The van der Waals surface area contributed by atoms with E-state index in [4.69, 9.17) is 0 Å². The Morgan fingerprint density at radius 1 is 1.21 bits per heavy atom. The van der Waals surface area contributed by atoms with Crippen molar-refractivity contribution in [3.63, 3.8) is 0 Å². The van der Waals surface area contributed by atoms with Gasteiger partial charge in [-0.05, 0) is 44.0 Å². The second-order valence-corrected chi connectivity index (χ2v) is 9.48. The van der Waals surface area contributed by atoms with Crippen molar-refractivity contribution < 1.29 is 8.42 Å². The Balaban J connectivity index is 0.00000392. The molecule has 0 amide bonds. The van der Waals surface area contributed by atoms with Gasteiger partial charge in [-0.15, -0.1) is 24.0 Å². The van der Waals surface area contributed by atoms with E-state index < -0.39 is 9.84 Å². The van der Waals surface area contributed by atoms with Crippen LogP contribution in [0, 0.1) is 6.92 Å². The van der Waals surface area contributed by atoms with Crippen molar-refractivity contribution in [1.82, 2.24) is 15.5 Å². The van der Waals surface area contributed by atoms with E-state index in [1.54, 1.807) is 13.1 Å². The molecular weight excluding hydrogens is 487 g/mol. The zero-order chi connectivity index (χ0) is 19.9. The second kappa shape index (κ2) is 12.0. The van der Waals surface area contributed by atoms with Gasteiger partial charge in [0.05, 0.1) is 4.90 Å². The van der Waals surface area contributed by atoms with Crippen LogP contribution in [0.4, 0.5) is 0 Å². The second-order valence-electron chi connectivity index (χ2n) is 7.50. The lowest BCUT2D eigenvalue weighted by molar-refractivity contribution is 0.194. The summed E-state index contributed by atoms with van der Waals surface area (Å²) in [6.07, 6.45) is 7.94. The molecule has 1 fully saturated rings. The molecule has 1 aliphatic carbocycles. The summed E-state index contributed by atoms with van der Waals surface area (Å²) in [4.78, 5) is 7.11. The van der Waals surface area contributed by atoms with Gasteiger partial charge in [0.15, 0.2) is 15.8 Å². The number of guanidine groups is 1. The summed E-state index contributed by atoms with van der Waals surface area (Å²) in [5.41, 5.74) is 1.80. The predicted octanol–water partition coefficient (Wildman–Crippen LogP) is 2.95. The van der Waals surface area contributed by atoms with E-state index in [2.05, 4.69) is 27.6 Å². The summed E-state index contributed by atoms with van der Waals surface area (Å²) in [6, 6.07) is 6.15. The van der Waals surface area contributed by atoms with Gasteiger partial charge in [0.25, 0.3) is 0 Å². The van der Waals surface area contributed by atoms with Gasteiger partial charge in [-0.25, -0.2) is 8.42 Å². The van der Waals surface area contributed by atoms with Crippen molar-refractivity contribution in [3.05, 3.63) is 29.3 Å². The number of hydrogen-bond donors (Lipinski definition) is 2. The molecule has 0 spiro atoms. The summed E-state index contributed by atoms with van der Waals surface area (Å²) in [6.45, 7) is 4.27. The lowest BCUT2D eigenvalue weighted by Crippen LogP contribution is -2.43. The Morgan fingerprint density at radius 3 is 2.46 bits per heavy atom. The summed E-state index contributed by atoms with van der Waals surface area (Å²) in [5, 5.41) is 6.66. The maximum absolute atomic E-state index is 11.7. The highest BCUT2D eigenvalue weighted by atomic mass is 127. The molecule has 2 N–H and O–H groups in total. The standard InChI is InChI=1S/C20H34N4O2S.HI/c1-16-14-17(10-11-19(16)27(4,25)26)15-23-20(21-2)22-12-13-24(3)18-8-6-5-7-9-18;/h10-11,14,18H,5-9,12-13,15H2,1-4H3,(H2,21,22,23);1H. The Labute approximate surface area is 187 Å². The first kappa shape index (κ1) is 25.2. The number of nitrogens with zero attached hydrogens (tertiary/aromatic N) is 2. The smallest absolute Gasteiger partial charge is 0.191 e. The third-order valence-corrected chi connectivity index (χ3v) is 6.53. The minimum atomic E-state index is -3.18. The van der Waals surface area contributed by atoms with Crippen molar-refractivity contribution in [2.45, 2.75) is 56.5 Å². The van der Waals surface area contributed by atoms with E-state index in [-0.39, 0.29) is 24.0 Å². The number of sulfone groups is 1. The number of benzene rings is 1. The van der Waals surface area contributed by atoms with Gasteiger partial charge in [-0.3, -0.25) is 4.99 Å². The van der Waals surface area contributed by atoms with Crippen molar-refractivity contribution in [2.75, 3.05) is 33.4 Å². The van der Waals surface area contributed by atoms with Crippen LogP contribution in [0.1, 0.15) is 43.2 Å². The van der Waals surface area contributed by atoms with Gasteiger partial charge in [-0.1, -0.05) is 31.4 Å². The van der Waals surface area contributed by atoms with E-state index >= 15 is 0 Å². The zero-order valence-corrected chi connectivity index (χ0v) is 20.6. The van der Waals surface area contributed by atoms with Crippen LogP contribution >= 0.6 is 24.0 Å². The van der Waals surface area contributed by atoms with Crippen LogP contribution in [0.15, 0.2) is 28.1 Å². The lowest BCUT2D eigenvalue weighted by Gasteiger charge is -2.31. The molecule has 1 saturated carbocycles. The highest BCUT2D eigenvalue weighted by Crippen LogP contribution is 2.21. The molecule has 0 unspecified atom stereocenters. The van der Waals surface area contributed by atoms with Crippen LogP contribution < -0.4 is 10.6 Å². The molecule has 1 aromatic rings. The molecule has 0 bridgehead atoms. The van der Waals surface area contributed by atoms with Crippen LogP contribution in [-0.2, 0) is 16.4 Å². The van der Waals surface area contributed by atoms with E-state index in [0.717, 1.165) is 30.2 Å². The topological polar surface area (TPSA) is 73.8 Å². The first-order valence-electron chi connectivity index (χ1n) is 9.75. The first-order chi connectivity index (χ1) is 12.8. The lowest BCUT2D eigenvalue weighted by atomic mass is 9.94. The highest BCUT2D eigenvalue weighted by molar-refractivity contribution is 14.0. The molecule has 6 nitrogen and oxygen atoms in total. The summed E-state index contributed by atoms with van der Waals surface area (Å²) < 4.78 is 23.4. The van der Waals surface area contributed by atoms with E-state index in [0.29, 0.717) is 17.5 Å². The molecule has 1 aliphatic rings. The quantitative estimate of drug-likeness (QED) is 0.327. The van der Waals surface area contributed by atoms with Crippen molar-refractivity contribution >= 4 is 39.8 Å². The van der Waals surface area contributed by atoms with E-state index in [9.17, 15) is 8.42 Å². The van der Waals surface area contributed by atoms with Crippen LogP contribution in [0.25, 0.3) is 0 Å². The van der Waals surface area contributed by atoms with Gasteiger partial charge in [0, 0.05) is 39.0 Å². The molecule has 1 aromatic carbocycles. The SMILES string of the molecule is CN=C(NCCN(C)C1CCCCC1)NCc1ccc(S(C)(=O)=O)c(C)c1.I. The fraction of sp³-hybridized carbons (Fsp3) is 0.650. The molecule has 28 heavy (non-hydrogen) atoms. The Bertz CT molecular complexity index is 747. The van der Waals surface area contributed by atoms with Crippen molar-refractivity contribution in [3.8, 4) is 0 Å². The summed E-state index contributed by atoms with van der Waals surface area (Å²) >= 11 is 0. The van der Waals surface area contributed by atoms with Gasteiger partial charge in [-0.2, -0.15) is 0 Å². The monoisotopic (exact) mass is 522 g/mol. The minimum absolute atomic E-state index is 0. The maximum atomic E-state index is 11.7. The third kappa shape index (κ3) is 7.87. The molecule has 0 radical (unpaired) electrons. The molecule has 8 heteroatoms. The normalized spacial score (nSPS) is 16.0. The van der Waals surface area contributed by atoms with Crippen LogP contribution in [0.2, 0.25) is 0 Å². The number of aliphatic imine (C=N–C) groups is 1. The average Bonchev–Trinajstić information content (AvgIpc) is 2.64. The average molecular weight is 522 g/mol. The van der Waals surface area contributed by atoms with Gasteiger partial charge in [0.2, 0.25) is 0 Å². The molecule has 160 valence electrons. The summed E-state index contributed by atoms with van der Waals surface area (Å²) in [5.74, 6) is 0.761. The van der Waals surface area contributed by atoms with Crippen molar-refractivity contribution in [2.24, 2.45) is 4.99 Å². The number of rotatable bonds is 7. The number of hydrogen-bond acceptors (Lipinski definition) is 4. The number of likely N-dealkylation sites (N-methyl/N-ethyl adjacent to an activating group) is 1. The van der Waals surface area contributed by atoms with Gasteiger partial charge in [0.1, 0.15) is 0 Å². The highest BCUT2D eigenvalue weighted by Gasteiger charge is 2.17. The predicted molar refractivity (Wildman–Crippen MR) is 127 cm³/mol. The number of halogens is 1. The van der Waals surface area contributed by atoms with Gasteiger partial charge < -0.3 is 15.5 Å². The molecule has 0 aliphatic heterocycles. The summed E-state index contributed by atoms with van der Waals surface area (Å²) in [7, 11) is 0.793. The number of aryl methyl sites for hydroxylation is 1. The molecule has 2 rings (SSSR count). The molecule has 0 aromatic heterocycles. The Hall–Kier alpha value is -0.870. The largest absolute Gasteiger partial charge is 0.355 e. The van der Waals surface area contributed by atoms with E-state index in [1.165, 1.54) is 38.4 Å². The first-order valence-corrected chi connectivity index (χ1v) is 11.6. The van der Waals surface area contributed by atoms with Crippen LogP contribution in [0.3, 0.4) is 0 Å². The van der Waals surface area contributed by atoms with Crippen LogP contribution in [0.5, 0.6) is 0 Å². The molecule has 0 saturated heterocycles. The van der Waals surface area contributed by atoms with Gasteiger partial charge >= 0.3 is 0 Å². The Kier molecular flexibility index (Phi) is 10.8. The maximum Gasteiger partial charge on any atom is 0.191 e. The fourth-order valence-corrected chi connectivity index (χ4v) is 4.66. The minimum Gasteiger partial charge on any atom is -0.355 e. The Morgan fingerprint density at radius 2 is 1.89 bits per heavy atom. The number of nitrogens with one attached hydrogen (secondary N) is 2.